The summed E-state index contributed by atoms with van der Waals surface area (Å²) in [7, 11) is 0. The minimum Gasteiger partial charge on any atom is -0.392 e. The smallest absolute Gasteiger partial charge is 0.274 e. The van der Waals surface area contributed by atoms with Gasteiger partial charge in [-0.2, -0.15) is 0 Å². The summed E-state index contributed by atoms with van der Waals surface area (Å²) < 4.78 is 14.1. The Kier molecular flexibility index (Phi) is 5.83. The molecule has 154 valence electrons. The molecular formula is C23H23FN4O2. The molecule has 6 nitrogen and oxygen atoms in total. The number of aromatic nitrogens is 2. The van der Waals surface area contributed by atoms with E-state index in [0.717, 1.165) is 12.0 Å². The number of anilines is 1. The molecule has 4 N–H and O–H groups in total. The zero-order valence-corrected chi connectivity index (χ0v) is 16.3. The fraction of sp³-hybridized carbons (Fsp3) is 0.261. The Bertz CT molecular complexity index is 1060. The third-order valence-corrected chi connectivity index (χ3v) is 5.54. The molecule has 2 heterocycles. The van der Waals surface area contributed by atoms with E-state index < -0.39 is 17.8 Å². The number of hydrogen-bond acceptors (Lipinski definition) is 5. The molecule has 1 aliphatic rings. The van der Waals surface area contributed by atoms with Crippen LogP contribution in [0.1, 0.15) is 41.2 Å². The second kappa shape index (κ2) is 8.69. The highest BCUT2D eigenvalue weighted by molar-refractivity contribution is 6.03. The number of pyridine rings is 2. The molecule has 1 fully saturated rings. The zero-order chi connectivity index (χ0) is 21.1. The van der Waals surface area contributed by atoms with Crippen LogP contribution in [0.15, 0.2) is 60.9 Å². The van der Waals surface area contributed by atoms with E-state index >= 15 is 0 Å². The highest BCUT2D eigenvalue weighted by Gasteiger charge is 2.29. The van der Waals surface area contributed by atoms with Crippen LogP contribution >= 0.6 is 0 Å². The molecule has 0 radical (unpaired) electrons. The molecule has 4 rings (SSSR count). The van der Waals surface area contributed by atoms with Crippen molar-refractivity contribution in [2.45, 2.75) is 37.3 Å². The van der Waals surface area contributed by atoms with Gasteiger partial charge in [-0.25, -0.2) is 9.37 Å². The van der Waals surface area contributed by atoms with Crippen LogP contribution in [0.25, 0.3) is 11.3 Å². The van der Waals surface area contributed by atoms with Gasteiger partial charge in [0.05, 0.1) is 23.7 Å². The normalized spacial score (nSPS) is 21.2. The van der Waals surface area contributed by atoms with Gasteiger partial charge in [-0.3, -0.25) is 9.78 Å². The zero-order valence-electron chi connectivity index (χ0n) is 16.3. The van der Waals surface area contributed by atoms with Crippen molar-refractivity contribution >= 4 is 11.6 Å². The summed E-state index contributed by atoms with van der Waals surface area (Å²) >= 11 is 0. The van der Waals surface area contributed by atoms with Crippen molar-refractivity contribution in [3.63, 3.8) is 0 Å². The Morgan fingerprint density at radius 3 is 2.77 bits per heavy atom. The Morgan fingerprint density at radius 1 is 1.13 bits per heavy atom. The van der Waals surface area contributed by atoms with Crippen molar-refractivity contribution in [3.8, 4) is 11.3 Å². The van der Waals surface area contributed by atoms with E-state index in [1.54, 1.807) is 48.8 Å². The third-order valence-electron chi connectivity index (χ3n) is 5.54. The molecular weight excluding hydrogens is 383 g/mol. The average molecular weight is 406 g/mol. The van der Waals surface area contributed by atoms with Crippen LogP contribution in [0.2, 0.25) is 0 Å². The molecule has 3 atom stereocenters. The van der Waals surface area contributed by atoms with Gasteiger partial charge in [-0.1, -0.05) is 18.2 Å². The number of nitrogens with two attached hydrogens (primary N) is 1. The molecule has 0 aliphatic heterocycles. The number of carbonyl (C=O) groups excluding carboxylic acids is 1. The molecule has 30 heavy (non-hydrogen) atoms. The standard InChI is InChI=1S/C23H23FN4O2/c24-17-5-2-1-4-16(17)19-6-3-7-20(27-19)23(30)28-21-13-26-11-10-15(21)14-8-9-22(29)18(25)12-14/h1-7,10-11,13-14,18,22,29H,8-9,12,25H2,(H,28,30)/t14-,18-,22+/m1/s1. The van der Waals surface area contributed by atoms with Gasteiger partial charge in [0.1, 0.15) is 11.5 Å². The molecule has 7 heteroatoms. The number of benzene rings is 1. The van der Waals surface area contributed by atoms with E-state index in [2.05, 4.69) is 15.3 Å². The first-order valence-electron chi connectivity index (χ1n) is 9.94. The average Bonchev–Trinajstić information content (AvgIpc) is 2.76. The lowest BCUT2D eigenvalue weighted by Gasteiger charge is -2.32. The first kappa shape index (κ1) is 20.1. The summed E-state index contributed by atoms with van der Waals surface area (Å²) in [5.74, 6) is -0.671. The van der Waals surface area contributed by atoms with Gasteiger partial charge in [-0.05, 0) is 61.1 Å². The van der Waals surface area contributed by atoms with E-state index in [-0.39, 0.29) is 17.7 Å². The molecule has 0 bridgehead atoms. The van der Waals surface area contributed by atoms with Gasteiger partial charge in [0, 0.05) is 17.8 Å². The maximum Gasteiger partial charge on any atom is 0.274 e. The molecule has 0 unspecified atom stereocenters. The van der Waals surface area contributed by atoms with E-state index in [4.69, 9.17) is 5.73 Å². The number of halogens is 1. The SMILES string of the molecule is N[C@@H]1C[C@H](c2ccncc2NC(=O)c2cccc(-c3ccccc3F)n2)CC[C@@H]1O. The van der Waals surface area contributed by atoms with Gasteiger partial charge in [-0.15, -0.1) is 0 Å². The van der Waals surface area contributed by atoms with Crippen molar-refractivity contribution in [3.05, 3.63) is 78.0 Å². The van der Waals surface area contributed by atoms with E-state index in [1.807, 2.05) is 6.07 Å². The van der Waals surface area contributed by atoms with Crippen LogP contribution in [0.4, 0.5) is 10.1 Å². The largest absolute Gasteiger partial charge is 0.392 e. The molecule has 3 aromatic rings. The first-order chi connectivity index (χ1) is 14.5. The van der Waals surface area contributed by atoms with Gasteiger partial charge >= 0.3 is 0 Å². The summed E-state index contributed by atoms with van der Waals surface area (Å²) in [6, 6.07) is 12.8. The van der Waals surface area contributed by atoms with E-state index in [1.165, 1.54) is 6.07 Å². The monoisotopic (exact) mass is 406 g/mol. The highest BCUT2D eigenvalue weighted by Crippen LogP contribution is 2.36. The fourth-order valence-corrected chi connectivity index (χ4v) is 3.90. The maximum absolute atomic E-state index is 14.1. The molecule has 1 saturated carbocycles. The third kappa shape index (κ3) is 4.22. The number of amides is 1. The van der Waals surface area contributed by atoms with Crippen LogP contribution in [0, 0.1) is 5.82 Å². The summed E-state index contributed by atoms with van der Waals surface area (Å²) in [6.07, 6.45) is 4.82. The Hall–Kier alpha value is -3.16. The highest BCUT2D eigenvalue weighted by atomic mass is 19.1. The van der Waals surface area contributed by atoms with Crippen molar-refractivity contribution in [1.82, 2.24) is 9.97 Å². The van der Waals surface area contributed by atoms with E-state index in [0.29, 0.717) is 29.8 Å². The summed E-state index contributed by atoms with van der Waals surface area (Å²) in [4.78, 5) is 21.3. The Morgan fingerprint density at radius 2 is 1.97 bits per heavy atom. The van der Waals surface area contributed by atoms with Gasteiger partial charge in [0.15, 0.2) is 0 Å². The fourth-order valence-electron chi connectivity index (χ4n) is 3.90. The quantitative estimate of drug-likeness (QED) is 0.616. The Balaban J connectivity index is 1.57. The van der Waals surface area contributed by atoms with Gasteiger partial charge in [0.25, 0.3) is 5.91 Å². The molecule has 2 aromatic heterocycles. The van der Waals surface area contributed by atoms with Gasteiger partial charge < -0.3 is 16.2 Å². The molecule has 1 amide bonds. The maximum atomic E-state index is 14.1. The lowest BCUT2D eigenvalue weighted by Crippen LogP contribution is -2.39. The Labute approximate surface area is 174 Å². The van der Waals surface area contributed by atoms with Crippen molar-refractivity contribution < 1.29 is 14.3 Å². The number of rotatable bonds is 4. The minimum absolute atomic E-state index is 0.124. The lowest BCUT2D eigenvalue weighted by atomic mass is 9.80. The minimum atomic E-state index is -0.494. The molecule has 1 aromatic carbocycles. The van der Waals surface area contributed by atoms with Gasteiger partial charge in [0.2, 0.25) is 0 Å². The second-order valence-corrected chi connectivity index (χ2v) is 7.55. The number of aliphatic hydroxyl groups is 1. The number of nitrogens with zero attached hydrogens (tertiary/aromatic N) is 2. The first-order valence-corrected chi connectivity index (χ1v) is 9.94. The van der Waals surface area contributed by atoms with E-state index in [9.17, 15) is 14.3 Å². The summed E-state index contributed by atoms with van der Waals surface area (Å²) in [5, 5.41) is 12.8. The molecule has 1 aliphatic carbocycles. The second-order valence-electron chi connectivity index (χ2n) is 7.55. The number of aliphatic hydroxyl groups excluding tert-OH is 1. The molecule has 0 saturated heterocycles. The predicted octanol–water partition coefficient (Wildman–Crippen LogP) is 3.49. The summed E-state index contributed by atoms with van der Waals surface area (Å²) in [5.41, 5.74) is 8.47. The van der Waals surface area contributed by atoms with Crippen molar-refractivity contribution in [2.24, 2.45) is 5.73 Å². The predicted molar refractivity (Wildman–Crippen MR) is 112 cm³/mol. The van der Waals surface area contributed by atoms with Crippen LogP contribution < -0.4 is 11.1 Å². The van der Waals surface area contributed by atoms with Crippen molar-refractivity contribution in [1.29, 1.82) is 0 Å². The van der Waals surface area contributed by atoms with Crippen molar-refractivity contribution in [2.75, 3.05) is 5.32 Å². The number of carbonyl (C=O) groups is 1. The number of hydrogen-bond donors (Lipinski definition) is 3. The van der Waals surface area contributed by atoms with Crippen LogP contribution in [0.3, 0.4) is 0 Å². The van der Waals surface area contributed by atoms with Crippen LogP contribution in [0.5, 0.6) is 0 Å². The number of nitrogens with one attached hydrogen (secondary N) is 1. The molecule has 0 spiro atoms. The van der Waals surface area contributed by atoms with Crippen LogP contribution in [-0.2, 0) is 0 Å². The van der Waals surface area contributed by atoms with Crippen LogP contribution in [-0.4, -0.2) is 33.1 Å². The summed E-state index contributed by atoms with van der Waals surface area (Å²) in [6.45, 7) is 0. The topological polar surface area (TPSA) is 101 Å². The lowest BCUT2D eigenvalue weighted by molar-refractivity contribution is 0.0998.